The zero-order valence-electron chi connectivity index (χ0n) is 20.0. The first-order chi connectivity index (χ1) is 17.5. The summed E-state index contributed by atoms with van der Waals surface area (Å²) in [5, 5.41) is 8.48. The monoisotopic (exact) mass is 479 g/mol. The van der Waals surface area contributed by atoms with Crippen molar-refractivity contribution in [2.45, 2.75) is 13.1 Å². The Morgan fingerprint density at radius 3 is 1.44 bits per heavy atom. The summed E-state index contributed by atoms with van der Waals surface area (Å²) in [6, 6.07) is 23.4. The smallest absolute Gasteiger partial charge is 0.251 e. The molecule has 0 saturated heterocycles. The van der Waals surface area contributed by atoms with Gasteiger partial charge in [-0.25, -0.2) is 0 Å². The molecule has 0 unspecified atom stereocenters. The Bertz CT molecular complexity index is 1190. The van der Waals surface area contributed by atoms with Crippen LogP contribution >= 0.6 is 0 Å². The second-order valence-electron chi connectivity index (χ2n) is 8.00. The number of hydrogen-bond donors (Lipinski definition) is 3. The maximum absolute atomic E-state index is 12.9. The van der Waals surface area contributed by atoms with Crippen LogP contribution in [0.4, 0.5) is 0 Å². The number of amides is 3. The van der Waals surface area contributed by atoms with E-state index in [0.29, 0.717) is 13.1 Å². The van der Waals surface area contributed by atoms with Gasteiger partial charge in [-0.2, -0.15) is 0 Å². The molecule has 0 aliphatic heterocycles. The van der Waals surface area contributed by atoms with E-state index in [0.717, 1.165) is 16.7 Å². The number of benzene rings is 3. The van der Waals surface area contributed by atoms with Crippen LogP contribution in [0.2, 0.25) is 0 Å². The highest BCUT2D eigenvalue weighted by atomic mass is 16.2. The molecule has 3 amide bonds. The maximum atomic E-state index is 12.9. The van der Waals surface area contributed by atoms with Crippen LogP contribution in [0.15, 0.2) is 116 Å². The summed E-state index contributed by atoms with van der Waals surface area (Å²) in [5.41, 5.74) is 3.28. The molecule has 182 valence electrons. The van der Waals surface area contributed by atoms with Crippen LogP contribution in [0.5, 0.6) is 0 Å². The van der Waals surface area contributed by atoms with E-state index in [1.165, 1.54) is 18.2 Å². The Balaban J connectivity index is 1.81. The van der Waals surface area contributed by atoms with Gasteiger partial charge in [-0.1, -0.05) is 92.0 Å². The number of allylic oxidation sites excluding steroid dienone is 2. The van der Waals surface area contributed by atoms with Crippen molar-refractivity contribution in [1.29, 1.82) is 0 Å². The number of carbonyl (C=O) groups is 3. The zero-order valence-corrected chi connectivity index (χ0v) is 20.0. The van der Waals surface area contributed by atoms with Crippen LogP contribution in [0.1, 0.15) is 42.2 Å². The van der Waals surface area contributed by atoms with Crippen molar-refractivity contribution in [3.05, 3.63) is 144 Å². The predicted molar refractivity (Wildman–Crippen MR) is 142 cm³/mol. The summed E-state index contributed by atoms with van der Waals surface area (Å²) in [6.07, 6.45) is 4.97. The van der Waals surface area contributed by atoms with E-state index >= 15 is 0 Å². The molecule has 0 aliphatic rings. The quantitative estimate of drug-likeness (QED) is 0.352. The minimum atomic E-state index is -0.415. The van der Waals surface area contributed by atoms with Crippen LogP contribution < -0.4 is 16.0 Å². The van der Waals surface area contributed by atoms with Gasteiger partial charge in [0.05, 0.1) is 0 Å². The summed E-state index contributed by atoms with van der Waals surface area (Å²) in [7, 11) is 0. The molecule has 6 nitrogen and oxygen atoms in total. The van der Waals surface area contributed by atoms with Gasteiger partial charge in [-0.3, -0.25) is 14.4 Å². The molecule has 0 fully saturated rings. The van der Waals surface area contributed by atoms with Crippen molar-refractivity contribution in [2.75, 3.05) is 6.54 Å². The molecule has 0 heterocycles. The standard InChI is InChI=1S/C30H29N3O3/c1-3-11-22(4-2)19-31-28(34)25-16-26(29(35)32-20-23-12-7-5-8-13-23)18-27(17-25)30(36)33-21-24-14-9-6-10-15-24/h3-18H,1-2,19-21H2,(H,31,34)(H,32,35)(H,33,36)/b22-11+. The lowest BCUT2D eigenvalue weighted by atomic mass is 10.0. The molecule has 36 heavy (non-hydrogen) atoms. The van der Waals surface area contributed by atoms with Gasteiger partial charge in [-0.05, 0) is 34.9 Å². The molecule has 0 radical (unpaired) electrons. The molecular weight excluding hydrogens is 450 g/mol. The van der Waals surface area contributed by atoms with Gasteiger partial charge < -0.3 is 16.0 Å². The molecule has 0 spiro atoms. The van der Waals surface area contributed by atoms with Crippen molar-refractivity contribution < 1.29 is 14.4 Å². The first-order valence-corrected chi connectivity index (χ1v) is 11.5. The van der Waals surface area contributed by atoms with Crippen LogP contribution in [0.25, 0.3) is 0 Å². The summed E-state index contributed by atoms with van der Waals surface area (Å²) in [5.74, 6) is -1.19. The van der Waals surface area contributed by atoms with E-state index < -0.39 is 5.91 Å². The van der Waals surface area contributed by atoms with Gasteiger partial charge in [0.15, 0.2) is 0 Å². The molecule has 0 aromatic heterocycles. The molecule has 3 aromatic carbocycles. The highest BCUT2D eigenvalue weighted by Gasteiger charge is 2.17. The molecule has 3 N–H and O–H groups in total. The maximum Gasteiger partial charge on any atom is 0.251 e. The van der Waals surface area contributed by atoms with E-state index in [1.807, 2.05) is 60.7 Å². The van der Waals surface area contributed by atoms with Gasteiger partial charge in [0.2, 0.25) is 0 Å². The summed E-state index contributed by atoms with van der Waals surface area (Å²) < 4.78 is 0. The molecule has 0 bridgehead atoms. The van der Waals surface area contributed by atoms with Gasteiger partial charge in [0, 0.05) is 36.3 Å². The second-order valence-corrected chi connectivity index (χ2v) is 8.00. The normalized spacial score (nSPS) is 10.7. The molecular formula is C30H29N3O3. The van der Waals surface area contributed by atoms with E-state index in [-0.39, 0.29) is 35.0 Å². The zero-order chi connectivity index (χ0) is 25.8. The van der Waals surface area contributed by atoms with Crippen molar-refractivity contribution in [2.24, 2.45) is 0 Å². The Morgan fingerprint density at radius 1 is 0.639 bits per heavy atom. The van der Waals surface area contributed by atoms with Gasteiger partial charge >= 0.3 is 0 Å². The lowest BCUT2D eigenvalue weighted by Crippen LogP contribution is -2.29. The van der Waals surface area contributed by atoms with E-state index in [9.17, 15) is 14.4 Å². The lowest BCUT2D eigenvalue weighted by Gasteiger charge is -2.12. The first kappa shape index (κ1) is 25.9. The number of nitrogens with one attached hydrogen (secondary N) is 3. The average Bonchev–Trinajstić information content (AvgIpc) is 2.93. The summed E-state index contributed by atoms with van der Waals surface area (Å²) >= 11 is 0. The predicted octanol–water partition coefficient (Wildman–Crippen LogP) is 4.57. The fraction of sp³-hybridized carbons (Fsp3) is 0.100. The Morgan fingerprint density at radius 2 is 1.06 bits per heavy atom. The molecule has 0 atom stereocenters. The lowest BCUT2D eigenvalue weighted by molar-refractivity contribution is 0.0950. The van der Waals surface area contributed by atoms with Crippen molar-refractivity contribution in [1.82, 2.24) is 16.0 Å². The van der Waals surface area contributed by atoms with E-state index in [2.05, 4.69) is 29.1 Å². The highest BCUT2D eigenvalue weighted by molar-refractivity contribution is 6.04. The fourth-order valence-corrected chi connectivity index (χ4v) is 3.42. The van der Waals surface area contributed by atoms with Crippen molar-refractivity contribution >= 4 is 17.7 Å². The molecule has 6 heteroatoms. The summed E-state index contributed by atoms with van der Waals surface area (Å²) in [6.45, 7) is 8.24. The average molecular weight is 480 g/mol. The summed E-state index contributed by atoms with van der Waals surface area (Å²) in [4.78, 5) is 38.8. The van der Waals surface area contributed by atoms with E-state index in [4.69, 9.17) is 0 Å². The van der Waals surface area contributed by atoms with Crippen LogP contribution in [-0.4, -0.2) is 24.3 Å². The molecule has 0 aliphatic carbocycles. The van der Waals surface area contributed by atoms with Crippen LogP contribution in [-0.2, 0) is 13.1 Å². The number of carbonyl (C=O) groups excluding carboxylic acids is 3. The highest BCUT2D eigenvalue weighted by Crippen LogP contribution is 2.13. The topological polar surface area (TPSA) is 87.3 Å². The van der Waals surface area contributed by atoms with Gasteiger partial charge in [0.25, 0.3) is 17.7 Å². The minimum Gasteiger partial charge on any atom is -0.348 e. The van der Waals surface area contributed by atoms with Crippen molar-refractivity contribution in [3.8, 4) is 0 Å². The van der Waals surface area contributed by atoms with Gasteiger partial charge in [0.1, 0.15) is 0 Å². The third kappa shape index (κ3) is 7.67. The number of hydrogen-bond acceptors (Lipinski definition) is 3. The largest absolute Gasteiger partial charge is 0.348 e. The first-order valence-electron chi connectivity index (χ1n) is 11.5. The molecule has 3 aromatic rings. The third-order valence-corrected chi connectivity index (χ3v) is 5.36. The van der Waals surface area contributed by atoms with Crippen molar-refractivity contribution in [3.63, 3.8) is 0 Å². The molecule has 3 rings (SSSR count). The van der Waals surface area contributed by atoms with E-state index in [1.54, 1.807) is 18.2 Å². The van der Waals surface area contributed by atoms with Gasteiger partial charge in [-0.15, -0.1) is 0 Å². The fourth-order valence-electron chi connectivity index (χ4n) is 3.42. The Labute approximate surface area is 211 Å². The second kappa shape index (κ2) is 13.2. The van der Waals surface area contributed by atoms with Crippen LogP contribution in [0, 0.1) is 0 Å². The minimum absolute atomic E-state index is 0.203. The van der Waals surface area contributed by atoms with Crippen LogP contribution in [0.3, 0.4) is 0 Å². The number of rotatable bonds is 11. The SMILES string of the molecule is C=C/C=C(\C=C)CNC(=O)c1cc(C(=O)NCc2ccccc2)cc(C(=O)NCc2ccccc2)c1. The molecule has 0 saturated carbocycles. The third-order valence-electron chi connectivity index (χ3n) is 5.36. The Kier molecular flexibility index (Phi) is 9.53. The Hall–Kier alpha value is -4.71.